The van der Waals surface area contributed by atoms with E-state index in [-0.39, 0.29) is 12.3 Å². The molecule has 3 aromatic carbocycles. The van der Waals surface area contributed by atoms with Crippen LogP contribution in [0.5, 0.6) is 11.5 Å². The van der Waals surface area contributed by atoms with Crippen LogP contribution in [0.4, 0.5) is 0 Å². The van der Waals surface area contributed by atoms with Gasteiger partial charge in [-0.05, 0) is 66.9 Å². The van der Waals surface area contributed by atoms with Gasteiger partial charge in [0.25, 0.3) is 5.91 Å². The van der Waals surface area contributed by atoms with Crippen molar-refractivity contribution in [3.05, 3.63) is 75.9 Å². The molecule has 0 aromatic heterocycles. The first kappa shape index (κ1) is 23.2. The van der Waals surface area contributed by atoms with Gasteiger partial charge in [0.2, 0.25) is 0 Å². The van der Waals surface area contributed by atoms with Gasteiger partial charge in [0.05, 0.1) is 18.3 Å². The molecule has 166 valence electrons. The summed E-state index contributed by atoms with van der Waals surface area (Å²) in [5.74, 6) is -1.19. The van der Waals surface area contributed by atoms with Crippen molar-refractivity contribution in [2.24, 2.45) is 0 Å². The highest BCUT2D eigenvalue weighted by atomic mass is 35.5. The summed E-state index contributed by atoms with van der Waals surface area (Å²) < 4.78 is 11.2. The second kappa shape index (κ2) is 10.2. The Kier molecular flexibility index (Phi) is 7.38. The maximum atomic E-state index is 12.4. The van der Waals surface area contributed by atoms with Crippen LogP contribution in [-0.4, -0.2) is 25.1 Å². The second-order valence-corrected chi connectivity index (χ2v) is 7.56. The number of rotatable bonds is 8. The molecule has 0 aliphatic carbocycles. The first-order valence-electron chi connectivity index (χ1n) is 10.1. The summed E-state index contributed by atoms with van der Waals surface area (Å²) >= 11 is 6.14. The molecule has 6 nitrogen and oxygen atoms in total. The Morgan fingerprint density at radius 1 is 1.06 bits per heavy atom. The van der Waals surface area contributed by atoms with Crippen LogP contribution >= 0.6 is 11.6 Å². The van der Waals surface area contributed by atoms with Crippen molar-refractivity contribution in [1.29, 1.82) is 0 Å². The molecule has 0 spiro atoms. The zero-order valence-electron chi connectivity index (χ0n) is 18.0. The average Bonchev–Trinajstić information content (AvgIpc) is 2.76. The van der Waals surface area contributed by atoms with Crippen molar-refractivity contribution in [3.63, 3.8) is 0 Å². The number of aryl methyl sites for hydroxylation is 2. The molecule has 1 N–H and O–H groups in total. The maximum Gasteiger partial charge on any atom is 0.262 e. The van der Waals surface area contributed by atoms with Crippen LogP contribution in [0.2, 0.25) is 5.02 Å². The third-order valence-corrected chi connectivity index (χ3v) is 5.39. The number of fused-ring (bicyclic) bond motifs is 1. The van der Waals surface area contributed by atoms with Crippen molar-refractivity contribution in [1.82, 2.24) is 5.32 Å². The summed E-state index contributed by atoms with van der Waals surface area (Å²) in [5.41, 5.74) is 1.78. The number of amides is 1. The van der Waals surface area contributed by atoms with Crippen molar-refractivity contribution in [2.75, 3.05) is 13.2 Å². The smallest absolute Gasteiger partial charge is 0.262 e. The van der Waals surface area contributed by atoms with Gasteiger partial charge < -0.3 is 24.7 Å². The van der Waals surface area contributed by atoms with Crippen LogP contribution in [0.15, 0.2) is 54.2 Å². The number of carboxylic acids is 1. The number of carboxylic acid groups (broad SMARTS) is 1. The second-order valence-electron chi connectivity index (χ2n) is 7.18. The summed E-state index contributed by atoms with van der Waals surface area (Å²) in [5, 5.41) is 16.4. The lowest BCUT2D eigenvalue weighted by Crippen LogP contribution is -2.37. The zero-order valence-corrected chi connectivity index (χ0v) is 18.8. The third kappa shape index (κ3) is 5.39. The monoisotopic (exact) mass is 452 g/mol. The van der Waals surface area contributed by atoms with E-state index in [1.54, 1.807) is 18.2 Å². The molecule has 3 aromatic rings. The molecule has 0 radical (unpaired) electrons. The Morgan fingerprint density at radius 3 is 2.41 bits per heavy atom. The van der Waals surface area contributed by atoms with E-state index in [1.165, 1.54) is 6.08 Å². The van der Waals surface area contributed by atoms with E-state index in [4.69, 9.17) is 21.1 Å². The van der Waals surface area contributed by atoms with Gasteiger partial charge in [-0.3, -0.25) is 4.79 Å². The van der Waals surface area contributed by atoms with Gasteiger partial charge in [0, 0.05) is 10.6 Å². The highest BCUT2D eigenvalue weighted by molar-refractivity contribution is 6.32. The minimum absolute atomic E-state index is 0.376. The molecule has 0 saturated heterocycles. The number of benzene rings is 3. The van der Waals surface area contributed by atoms with Gasteiger partial charge >= 0.3 is 0 Å². The molecule has 3 rings (SSSR count). The zero-order chi connectivity index (χ0) is 23.3. The number of nitrogens with one attached hydrogen (secondary N) is 1. The number of hydrogen-bond donors (Lipinski definition) is 1. The lowest BCUT2D eigenvalue weighted by molar-refractivity contribution is -0.299. The van der Waals surface area contributed by atoms with Crippen LogP contribution in [0.1, 0.15) is 23.6 Å². The van der Waals surface area contributed by atoms with E-state index >= 15 is 0 Å². The van der Waals surface area contributed by atoms with Crippen LogP contribution in [-0.2, 0) is 9.59 Å². The minimum Gasteiger partial charge on any atom is -0.543 e. The van der Waals surface area contributed by atoms with E-state index in [1.807, 2.05) is 51.1 Å². The SMILES string of the molecule is CCOc1ccc2ccccc2c1/C=C(/NC(=O)COc1cc(C)c(Cl)c(C)c1)C(=O)[O-]. The quantitative estimate of drug-likeness (QED) is 0.525. The Bertz CT molecular complexity index is 1180. The lowest BCUT2D eigenvalue weighted by atomic mass is 10.0. The first-order chi connectivity index (χ1) is 15.3. The molecule has 1 amide bonds. The molecular formula is C25H23ClNO5-. The number of hydrogen-bond acceptors (Lipinski definition) is 5. The van der Waals surface area contributed by atoms with Gasteiger partial charge in [0.1, 0.15) is 11.5 Å². The van der Waals surface area contributed by atoms with Gasteiger partial charge in [-0.1, -0.05) is 41.9 Å². The molecule has 0 unspecified atom stereocenters. The number of carbonyl (C=O) groups excluding carboxylic acids is 2. The summed E-state index contributed by atoms with van der Waals surface area (Å²) in [7, 11) is 0. The van der Waals surface area contributed by atoms with Crippen LogP contribution in [0.25, 0.3) is 16.8 Å². The molecular weight excluding hydrogens is 430 g/mol. The molecule has 7 heteroatoms. The fourth-order valence-electron chi connectivity index (χ4n) is 3.32. The lowest BCUT2D eigenvalue weighted by Gasteiger charge is -2.15. The topological polar surface area (TPSA) is 87.7 Å². The largest absolute Gasteiger partial charge is 0.543 e. The van der Waals surface area contributed by atoms with Crippen LogP contribution < -0.4 is 19.9 Å². The van der Waals surface area contributed by atoms with E-state index in [0.29, 0.717) is 28.7 Å². The minimum atomic E-state index is -1.52. The van der Waals surface area contributed by atoms with Crippen molar-refractivity contribution >= 4 is 40.3 Å². The Labute approximate surface area is 191 Å². The van der Waals surface area contributed by atoms with Gasteiger partial charge in [0.15, 0.2) is 6.61 Å². The maximum absolute atomic E-state index is 12.4. The molecule has 0 aliphatic rings. The highest BCUT2D eigenvalue weighted by Crippen LogP contribution is 2.30. The normalized spacial score (nSPS) is 11.3. The standard InChI is InChI=1S/C25H24ClNO5/c1-4-31-22-10-9-17-7-5-6-8-19(17)20(22)13-21(25(29)30)27-23(28)14-32-18-11-15(2)24(26)16(3)12-18/h5-13H,4,14H2,1-3H3,(H,27,28)(H,29,30)/p-1/b21-13+. The number of ether oxygens (including phenoxy) is 2. The molecule has 0 aliphatic heterocycles. The molecule has 0 saturated carbocycles. The van der Waals surface area contributed by atoms with Crippen LogP contribution in [0.3, 0.4) is 0 Å². The van der Waals surface area contributed by atoms with Gasteiger partial charge in [-0.2, -0.15) is 0 Å². The Morgan fingerprint density at radius 2 is 1.75 bits per heavy atom. The summed E-state index contributed by atoms with van der Waals surface area (Å²) in [6.45, 7) is 5.53. The van der Waals surface area contributed by atoms with Crippen molar-refractivity contribution in [3.8, 4) is 11.5 Å². The van der Waals surface area contributed by atoms with Crippen molar-refractivity contribution in [2.45, 2.75) is 20.8 Å². The fourth-order valence-corrected chi connectivity index (χ4v) is 3.43. The van der Waals surface area contributed by atoms with E-state index in [9.17, 15) is 14.7 Å². The third-order valence-electron chi connectivity index (χ3n) is 4.79. The molecule has 0 fully saturated rings. The number of halogens is 1. The summed E-state index contributed by atoms with van der Waals surface area (Å²) in [6, 6.07) is 14.6. The molecule has 0 heterocycles. The van der Waals surface area contributed by atoms with Crippen LogP contribution in [0, 0.1) is 13.8 Å². The Hall–Kier alpha value is -3.51. The Balaban J connectivity index is 1.85. The fraction of sp³-hybridized carbons (Fsp3) is 0.200. The van der Waals surface area contributed by atoms with E-state index in [0.717, 1.165) is 21.9 Å². The summed E-state index contributed by atoms with van der Waals surface area (Å²) in [4.78, 5) is 24.2. The van der Waals surface area contributed by atoms with Crippen molar-refractivity contribution < 1.29 is 24.2 Å². The van der Waals surface area contributed by atoms with Gasteiger partial charge in [-0.25, -0.2) is 0 Å². The van der Waals surface area contributed by atoms with Gasteiger partial charge in [-0.15, -0.1) is 0 Å². The number of aliphatic carboxylic acids is 1. The molecule has 32 heavy (non-hydrogen) atoms. The number of carbonyl (C=O) groups is 2. The summed E-state index contributed by atoms with van der Waals surface area (Å²) in [6.07, 6.45) is 1.34. The first-order valence-corrected chi connectivity index (χ1v) is 10.4. The average molecular weight is 453 g/mol. The van der Waals surface area contributed by atoms with E-state index in [2.05, 4.69) is 5.32 Å². The molecule has 0 atom stereocenters. The predicted octanol–water partition coefficient (Wildman–Crippen LogP) is 3.79. The highest BCUT2D eigenvalue weighted by Gasteiger charge is 2.12. The predicted molar refractivity (Wildman–Crippen MR) is 123 cm³/mol. The molecule has 0 bridgehead atoms. The van der Waals surface area contributed by atoms with E-state index < -0.39 is 11.9 Å².